The summed E-state index contributed by atoms with van der Waals surface area (Å²) in [6.45, 7) is 8.59. The van der Waals surface area contributed by atoms with E-state index in [-0.39, 0.29) is 12.5 Å². The van der Waals surface area contributed by atoms with Gasteiger partial charge in [-0.3, -0.25) is 9.78 Å². The zero-order chi connectivity index (χ0) is 18.5. The summed E-state index contributed by atoms with van der Waals surface area (Å²) in [5.74, 6) is 2.13. The van der Waals surface area contributed by atoms with Crippen LogP contribution in [0.1, 0.15) is 49.8 Å². The van der Waals surface area contributed by atoms with E-state index in [2.05, 4.69) is 21.5 Å². The average molecular weight is 356 g/mol. The maximum atomic E-state index is 12.7. The number of hydrogen-bond acceptors (Lipinski definition) is 4. The van der Waals surface area contributed by atoms with Crippen molar-refractivity contribution in [3.63, 3.8) is 0 Å². The van der Waals surface area contributed by atoms with Crippen LogP contribution >= 0.6 is 0 Å². The molecule has 0 aliphatic carbocycles. The van der Waals surface area contributed by atoms with Gasteiger partial charge < -0.3 is 14.2 Å². The second-order valence-corrected chi connectivity index (χ2v) is 6.79. The highest BCUT2D eigenvalue weighted by molar-refractivity contribution is 5.78. The van der Waals surface area contributed by atoms with E-state index >= 15 is 0 Å². The van der Waals surface area contributed by atoms with Crippen molar-refractivity contribution in [3.8, 4) is 5.75 Å². The summed E-state index contributed by atoms with van der Waals surface area (Å²) in [5, 5.41) is 0. The summed E-state index contributed by atoms with van der Waals surface area (Å²) in [4.78, 5) is 23.6. The van der Waals surface area contributed by atoms with Crippen molar-refractivity contribution < 1.29 is 9.53 Å². The third kappa shape index (κ3) is 4.06. The molecule has 0 aromatic carbocycles. The summed E-state index contributed by atoms with van der Waals surface area (Å²) in [7, 11) is 0. The quantitative estimate of drug-likeness (QED) is 0.798. The second-order valence-electron chi connectivity index (χ2n) is 6.79. The van der Waals surface area contributed by atoms with Crippen molar-refractivity contribution in [3.05, 3.63) is 41.7 Å². The molecule has 6 heteroatoms. The highest BCUT2D eigenvalue weighted by atomic mass is 16.5. The Hall–Kier alpha value is -2.37. The van der Waals surface area contributed by atoms with Gasteiger partial charge in [-0.05, 0) is 45.2 Å². The molecule has 1 aliphatic heterocycles. The number of ether oxygens (including phenoxy) is 1. The van der Waals surface area contributed by atoms with Crippen LogP contribution in [0.25, 0.3) is 0 Å². The number of amides is 1. The number of rotatable bonds is 6. The molecular formula is C20H28N4O2. The fourth-order valence-electron chi connectivity index (χ4n) is 3.58. The van der Waals surface area contributed by atoms with Crippen LogP contribution in [0, 0.1) is 6.92 Å². The van der Waals surface area contributed by atoms with Crippen molar-refractivity contribution in [1.29, 1.82) is 0 Å². The number of likely N-dealkylation sites (tertiary alicyclic amines) is 1. The van der Waals surface area contributed by atoms with Crippen LogP contribution in [0.3, 0.4) is 0 Å². The molecule has 3 heterocycles. The van der Waals surface area contributed by atoms with E-state index < -0.39 is 0 Å². The molecule has 0 bridgehead atoms. The van der Waals surface area contributed by atoms with Gasteiger partial charge in [0.1, 0.15) is 11.6 Å². The Morgan fingerprint density at radius 3 is 2.96 bits per heavy atom. The summed E-state index contributed by atoms with van der Waals surface area (Å²) < 4.78 is 7.96. The lowest BCUT2D eigenvalue weighted by atomic mass is 9.97. The minimum Gasteiger partial charge on any atom is -0.482 e. The van der Waals surface area contributed by atoms with Crippen LogP contribution in [0.15, 0.2) is 24.5 Å². The molecule has 1 aliphatic rings. The first-order chi connectivity index (χ1) is 12.6. The predicted octanol–water partition coefficient (Wildman–Crippen LogP) is 2.95. The number of imidazole rings is 1. The Balaban J connectivity index is 1.61. The van der Waals surface area contributed by atoms with Crippen LogP contribution in [-0.2, 0) is 17.8 Å². The standard InChI is InChI=1S/C20H28N4O2/c1-4-17-18(9-8-15(3)22-17)26-14-19(25)24-11-6-7-16(13-24)20-21-10-12-23(20)5-2/h8-10,12,16H,4-7,11,13-14H2,1-3H3/t16-/m0/s1. The van der Waals surface area contributed by atoms with Gasteiger partial charge in [-0.15, -0.1) is 0 Å². The normalized spacial score (nSPS) is 17.3. The van der Waals surface area contributed by atoms with Crippen LogP contribution < -0.4 is 4.74 Å². The molecule has 2 aromatic heterocycles. The largest absolute Gasteiger partial charge is 0.482 e. The zero-order valence-electron chi connectivity index (χ0n) is 15.9. The first kappa shape index (κ1) is 18.4. The molecule has 1 saturated heterocycles. The van der Waals surface area contributed by atoms with Crippen molar-refractivity contribution in [2.24, 2.45) is 0 Å². The number of piperidine rings is 1. The molecule has 0 unspecified atom stereocenters. The summed E-state index contributed by atoms with van der Waals surface area (Å²) in [5.41, 5.74) is 1.87. The second kappa shape index (κ2) is 8.34. The van der Waals surface area contributed by atoms with Gasteiger partial charge in [-0.25, -0.2) is 4.98 Å². The Morgan fingerprint density at radius 1 is 1.35 bits per heavy atom. The Labute approximate surface area is 155 Å². The summed E-state index contributed by atoms with van der Waals surface area (Å²) >= 11 is 0. The molecule has 0 radical (unpaired) electrons. The van der Waals surface area contributed by atoms with Crippen LogP contribution in [0.5, 0.6) is 5.75 Å². The van der Waals surface area contributed by atoms with Crippen molar-refractivity contribution in [2.75, 3.05) is 19.7 Å². The maximum absolute atomic E-state index is 12.7. The fraction of sp³-hybridized carbons (Fsp3) is 0.550. The third-order valence-corrected chi connectivity index (χ3v) is 4.99. The van der Waals surface area contributed by atoms with Crippen molar-refractivity contribution in [1.82, 2.24) is 19.4 Å². The Kier molecular flexibility index (Phi) is 5.91. The number of nitrogens with zero attached hydrogens (tertiary/aromatic N) is 4. The van der Waals surface area contributed by atoms with E-state index in [1.807, 2.05) is 43.3 Å². The van der Waals surface area contributed by atoms with Crippen LogP contribution in [0.4, 0.5) is 0 Å². The van der Waals surface area contributed by atoms with Gasteiger partial charge in [-0.2, -0.15) is 0 Å². The number of aromatic nitrogens is 3. The predicted molar refractivity (Wildman–Crippen MR) is 100 cm³/mol. The minimum atomic E-state index is 0.0342. The molecule has 6 nitrogen and oxygen atoms in total. The lowest BCUT2D eigenvalue weighted by Gasteiger charge is -2.32. The molecule has 1 atom stereocenters. The molecule has 0 N–H and O–H groups in total. The van der Waals surface area contributed by atoms with Gasteiger partial charge in [0.25, 0.3) is 5.91 Å². The number of carbonyl (C=O) groups is 1. The molecule has 0 spiro atoms. The number of aryl methyl sites for hydroxylation is 3. The molecule has 2 aromatic rings. The summed E-state index contributed by atoms with van der Waals surface area (Å²) in [6, 6.07) is 3.83. The molecule has 0 saturated carbocycles. The Bertz CT molecular complexity index is 756. The molecule has 1 fully saturated rings. The average Bonchev–Trinajstić information content (AvgIpc) is 3.15. The van der Waals surface area contributed by atoms with Crippen LogP contribution in [0.2, 0.25) is 0 Å². The van der Waals surface area contributed by atoms with Gasteiger partial charge in [0.05, 0.1) is 5.69 Å². The minimum absolute atomic E-state index is 0.0342. The SMILES string of the molecule is CCc1nc(C)ccc1OCC(=O)N1CCC[C@H](c2nccn2CC)C1. The van der Waals surface area contributed by atoms with Crippen molar-refractivity contribution >= 4 is 5.91 Å². The van der Waals surface area contributed by atoms with E-state index in [4.69, 9.17) is 4.74 Å². The molecule has 1 amide bonds. The lowest BCUT2D eigenvalue weighted by Crippen LogP contribution is -2.42. The van der Waals surface area contributed by atoms with E-state index in [0.29, 0.717) is 18.2 Å². The van der Waals surface area contributed by atoms with Gasteiger partial charge in [-0.1, -0.05) is 6.92 Å². The highest BCUT2D eigenvalue weighted by Gasteiger charge is 2.27. The van der Waals surface area contributed by atoms with Gasteiger partial charge >= 0.3 is 0 Å². The third-order valence-electron chi connectivity index (χ3n) is 4.99. The lowest BCUT2D eigenvalue weighted by molar-refractivity contribution is -0.134. The topological polar surface area (TPSA) is 60.2 Å². The first-order valence-electron chi connectivity index (χ1n) is 9.50. The number of pyridine rings is 1. The summed E-state index contributed by atoms with van der Waals surface area (Å²) in [6.07, 6.45) is 6.72. The van der Waals surface area contributed by atoms with E-state index in [0.717, 1.165) is 49.6 Å². The number of carbonyl (C=O) groups excluding carboxylic acids is 1. The first-order valence-corrected chi connectivity index (χ1v) is 9.50. The molecule has 26 heavy (non-hydrogen) atoms. The van der Waals surface area contributed by atoms with E-state index in [1.54, 1.807) is 0 Å². The Morgan fingerprint density at radius 2 is 2.19 bits per heavy atom. The van der Waals surface area contributed by atoms with Gasteiger partial charge in [0, 0.05) is 43.6 Å². The smallest absolute Gasteiger partial charge is 0.260 e. The van der Waals surface area contributed by atoms with E-state index in [1.165, 1.54) is 0 Å². The van der Waals surface area contributed by atoms with Crippen LogP contribution in [-0.4, -0.2) is 45.0 Å². The molecule has 140 valence electrons. The van der Waals surface area contributed by atoms with Crippen molar-refractivity contribution in [2.45, 2.75) is 52.5 Å². The number of hydrogen-bond donors (Lipinski definition) is 0. The van der Waals surface area contributed by atoms with E-state index in [9.17, 15) is 4.79 Å². The highest BCUT2D eigenvalue weighted by Crippen LogP contribution is 2.26. The molecule has 3 rings (SSSR count). The van der Waals surface area contributed by atoms with Gasteiger partial charge in [0.2, 0.25) is 0 Å². The fourth-order valence-corrected chi connectivity index (χ4v) is 3.58. The monoisotopic (exact) mass is 356 g/mol. The molecular weight excluding hydrogens is 328 g/mol. The zero-order valence-corrected chi connectivity index (χ0v) is 15.9. The van der Waals surface area contributed by atoms with Gasteiger partial charge in [0.15, 0.2) is 6.61 Å². The maximum Gasteiger partial charge on any atom is 0.260 e.